The van der Waals surface area contributed by atoms with Gasteiger partial charge in [0, 0.05) is 25.0 Å². The molecule has 0 bridgehead atoms. The van der Waals surface area contributed by atoms with E-state index in [4.69, 9.17) is 5.73 Å². The van der Waals surface area contributed by atoms with Crippen LogP contribution in [0.4, 0.5) is 0 Å². The highest BCUT2D eigenvalue weighted by molar-refractivity contribution is 4.93. The van der Waals surface area contributed by atoms with E-state index in [9.17, 15) is 0 Å². The van der Waals surface area contributed by atoms with Gasteiger partial charge in [-0.15, -0.1) is 0 Å². The van der Waals surface area contributed by atoms with Crippen LogP contribution >= 0.6 is 0 Å². The molecule has 0 amide bonds. The Morgan fingerprint density at radius 2 is 2.35 bits per heavy atom. The first-order valence-electron chi connectivity index (χ1n) is 6.79. The summed E-state index contributed by atoms with van der Waals surface area (Å²) in [5, 5.41) is 0. The van der Waals surface area contributed by atoms with Gasteiger partial charge in [0.1, 0.15) is 5.82 Å². The van der Waals surface area contributed by atoms with Crippen LogP contribution in [0.25, 0.3) is 0 Å². The minimum Gasteiger partial charge on any atom is -0.334 e. The van der Waals surface area contributed by atoms with Crippen molar-refractivity contribution in [3.63, 3.8) is 0 Å². The molecule has 0 spiro atoms. The van der Waals surface area contributed by atoms with Gasteiger partial charge in [-0.05, 0) is 39.3 Å². The molecule has 1 aliphatic rings. The molecule has 1 fully saturated rings. The van der Waals surface area contributed by atoms with Crippen molar-refractivity contribution < 1.29 is 0 Å². The summed E-state index contributed by atoms with van der Waals surface area (Å²) in [6, 6.07) is 0.663. The van der Waals surface area contributed by atoms with Crippen LogP contribution in [0, 0.1) is 0 Å². The molecule has 4 heteroatoms. The van der Waals surface area contributed by atoms with E-state index in [0.29, 0.717) is 6.04 Å². The van der Waals surface area contributed by atoms with E-state index in [1.807, 2.05) is 6.20 Å². The highest BCUT2D eigenvalue weighted by atomic mass is 15.2. The monoisotopic (exact) mass is 236 g/mol. The predicted molar refractivity (Wildman–Crippen MR) is 69.6 cm³/mol. The summed E-state index contributed by atoms with van der Waals surface area (Å²) in [7, 11) is 0. The lowest BCUT2D eigenvalue weighted by atomic mass is 9.99. The summed E-state index contributed by atoms with van der Waals surface area (Å²) in [5.74, 6) is 1.19. The van der Waals surface area contributed by atoms with Crippen molar-refractivity contribution in [3.8, 4) is 0 Å². The van der Waals surface area contributed by atoms with E-state index in [-0.39, 0.29) is 0 Å². The Hall–Kier alpha value is -0.870. The lowest BCUT2D eigenvalue weighted by molar-refractivity contribution is 0.129. The van der Waals surface area contributed by atoms with Gasteiger partial charge in [-0.1, -0.05) is 6.42 Å². The number of hydrogen-bond donors (Lipinski definition) is 1. The van der Waals surface area contributed by atoms with E-state index >= 15 is 0 Å². The maximum Gasteiger partial charge on any atom is 0.122 e. The standard InChI is InChI=1S/C13H24N4/c1-2-16-10-8-15-13(16)11-17-9-4-3-5-12(17)6-7-14/h8,10,12H,2-7,9,11,14H2,1H3. The molecule has 2 N–H and O–H groups in total. The minimum absolute atomic E-state index is 0.663. The molecule has 0 aliphatic carbocycles. The summed E-state index contributed by atoms with van der Waals surface area (Å²) in [5.41, 5.74) is 5.70. The number of likely N-dealkylation sites (tertiary alicyclic amines) is 1. The van der Waals surface area contributed by atoms with Gasteiger partial charge < -0.3 is 10.3 Å². The van der Waals surface area contributed by atoms with E-state index in [2.05, 4.69) is 27.6 Å². The second-order valence-corrected chi connectivity index (χ2v) is 4.83. The minimum atomic E-state index is 0.663. The van der Waals surface area contributed by atoms with Crippen LogP contribution < -0.4 is 5.73 Å². The average Bonchev–Trinajstić information content (AvgIpc) is 2.79. The van der Waals surface area contributed by atoms with Crippen LogP contribution in [0.3, 0.4) is 0 Å². The molecule has 1 aromatic heterocycles. The van der Waals surface area contributed by atoms with E-state index in [0.717, 1.165) is 26.1 Å². The Bertz CT molecular complexity index is 332. The second kappa shape index (κ2) is 6.17. The normalized spacial score (nSPS) is 21.9. The molecule has 1 aliphatic heterocycles. The zero-order valence-electron chi connectivity index (χ0n) is 10.8. The van der Waals surface area contributed by atoms with Crippen molar-refractivity contribution in [1.29, 1.82) is 0 Å². The number of aromatic nitrogens is 2. The molecule has 0 saturated carbocycles. The highest BCUT2D eigenvalue weighted by Gasteiger charge is 2.22. The fourth-order valence-electron chi connectivity index (χ4n) is 2.75. The van der Waals surface area contributed by atoms with Crippen molar-refractivity contribution in [2.75, 3.05) is 13.1 Å². The number of rotatable bonds is 5. The molecule has 0 radical (unpaired) electrons. The van der Waals surface area contributed by atoms with Gasteiger partial charge in [0.2, 0.25) is 0 Å². The van der Waals surface area contributed by atoms with Crippen LogP contribution in [0.2, 0.25) is 0 Å². The Labute approximate surface area is 104 Å². The zero-order chi connectivity index (χ0) is 12.1. The van der Waals surface area contributed by atoms with E-state index < -0.39 is 0 Å². The van der Waals surface area contributed by atoms with Crippen LogP contribution in [-0.4, -0.2) is 33.6 Å². The first kappa shape index (κ1) is 12.6. The van der Waals surface area contributed by atoms with Gasteiger partial charge >= 0.3 is 0 Å². The first-order chi connectivity index (χ1) is 8.35. The largest absolute Gasteiger partial charge is 0.334 e. The van der Waals surface area contributed by atoms with Gasteiger partial charge in [-0.2, -0.15) is 0 Å². The van der Waals surface area contributed by atoms with Gasteiger partial charge in [-0.25, -0.2) is 4.98 Å². The van der Waals surface area contributed by atoms with Crippen molar-refractivity contribution in [2.24, 2.45) is 5.73 Å². The SMILES string of the molecule is CCn1ccnc1CN1CCCCC1CCN. The van der Waals surface area contributed by atoms with Gasteiger partial charge in [-0.3, -0.25) is 4.90 Å². The summed E-state index contributed by atoms with van der Waals surface area (Å²) < 4.78 is 2.23. The summed E-state index contributed by atoms with van der Waals surface area (Å²) in [6.07, 6.45) is 9.05. The Balaban J connectivity index is 2.00. The molecule has 1 unspecified atom stereocenters. The number of hydrogen-bond acceptors (Lipinski definition) is 3. The molecule has 0 aromatic carbocycles. The molecule has 1 saturated heterocycles. The van der Waals surface area contributed by atoms with Crippen LogP contribution in [0.15, 0.2) is 12.4 Å². The summed E-state index contributed by atoms with van der Waals surface area (Å²) in [6.45, 7) is 6.14. The van der Waals surface area contributed by atoms with Gasteiger partial charge in [0.25, 0.3) is 0 Å². The average molecular weight is 236 g/mol. The molecule has 1 aromatic rings. The Morgan fingerprint density at radius 3 is 3.12 bits per heavy atom. The second-order valence-electron chi connectivity index (χ2n) is 4.83. The number of imidazole rings is 1. The van der Waals surface area contributed by atoms with Crippen LogP contribution in [0.1, 0.15) is 38.4 Å². The first-order valence-corrected chi connectivity index (χ1v) is 6.79. The van der Waals surface area contributed by atoms with Gasteiger partial charge in [0.15, 0.2) is 0 Å². The maximum absolute atomic E-state index is 5.70. The molecule has 1 atom stereocenters. The topological polar surface area (TPSA) is 47.1 Å². The smallest absolute Gasteiger partial charge is 0.122 e. The molecular weight excluding hydrogens is 212 g/mol. The zero-order valence-corrected chi connectivity index (χ0v) is 10.8. The molecule has 4 nitrogen and oxygen atoms in total. The predicted octanol–water partition coefficient (Wildman–Crippen LogP) is 1.61. The third kappa shape index (κ3) is 3.07. The molecule has 2 heterocycles. The number of aryl methyl sites for hydroxylation is 1. The molecule has 96 valence electrons. The van der Waals surface area contributed by atoms with Crippen molar-refractivity contribution in [1.82, 2.24) is 14.5 Å². The van der Waals surface area contributed by atoms with Gasteiger partial charge in [0.05, 0.1) is 6.54 Å². The van der Waals surface area contributed by atoms with Crippen LogP contribution in [0.5, 0.6) is 0 Å². The number of nitrogens with two attached hydrogens (primary N) is 1. The lowest BCUT2D eigenvalue weighted by Crippen LogP contribution is -2.40. The molecule has 2 rings (SSSR count). The fourth-order valence-corrected chi connectivity index (χ4v) is 2.75. The number of nitrogens with zero attached hydrogens (tertiary/aromatic N) is 3. The highest BCUT2D eigenvalue weighted by Crippen LogP contribution is 2.21. The van der Waals surface area contributed by atoms with Crippen molar-refractivity contribution >= 4 is 0 Å². The maximum atomic E-state index is 5.70. The molecule has 17 heavy (non-hydrogen) atoms. The Morgan fingerprint density at radius 1 is 1.47 bits per heavy atom. The number of piperidine rings is 1. The lowest BCUT2D eigenvalue weighted by Gasteiger charge is -2.35. The fraction of sp³-hybridized carbons (Fsp3) is 0.769. The Kier molecular flexibility index (Phi) is 4.57. The van der Waals surface area contributed by atoms with E-state index in [1.54, 1.807) is 0 Å². The van der Waals surface area contributed by atoms with Crippen molar-refractivity contribution in [2.45, 2.75) is 51.7 Å². The quantitative estimate of drug-likeness (QED) is 0.845. The van der Waals surface area contributed by atoms with E-state index in [1.165, 1.54) is 31.6 Å². The van der Waals surface area contributed by atoms with Crippen LogP contribution in [-0.2, 0) is 13.1 Å². The van der Waals surface area contributed by atoms with Crippen molar-refractivity contribution in [3.05, 3.63) is 18.2 Å². The summed E-state index contributed by atoms with van der Waals surface area (Å²) in [4.78, 5) is 7.03. The molecular formula is C13H24N4. The third-order valence-electron chi connectivity index (χ3n) is 3.74. The summed E-state index contributed by atoms with van der Waals surface area (Å²) >= 11 is 0. The third-order valence-corrected chi connectivity index (χ3v) is 3.74.